The van der Waals surface area contributed by atoms with Crippen molar-refractivity contribution in [3.05, 3.63) is 45.9 Å². The van der Waals surface area contributed by atoms with E-state index in [4.69, 9.17) is 10.9 Å². The highest BCUT2D eigenvalue weighted by atomic mass is 32.1. The van der Waals surface area contributed by atoms with Gasteiger partial charge in [-0.15, -0.1) is 11.3 Å². The molecule has 0 aliphatic rings. The molecule has 0 atom stereocenters. The molecule has 0 bridgehead atoms. The number of carbonyl (C=O) groups is 1. The fourth-order valence-corrected chi connectivity index (χ4v) is 2.19. The molecule has 1 aromatic heterocycles. The largest absolute Gasteiger partial charge is 0.409 e. The van der Waals surface area contributed by atoms with Gasteiger partial charge in [0.25, 0.3) is 5.91 Å². The number of amides is 1. The van der Waals surface area contributed by atoms with Crippen LogP contribution in [0.25, 0.3) is 0 Å². The highest BCUT2D eigenvalue weighted by molar-refractivity contribution is 7.11. The Labute approximate surface area is 113 Å². The SMILES string of the molecule is Cc1cccc(NC(=O)c2cncs2)c1/C(N)=N/O. The first kappa shape index (κ1) is 13.0. The molecule has 1 aromatic carbocycles. The zero-order valence-electron chi connectivity index (χ0n) is 10.1. The molecule has 0 fully saturated rings. The minimum Gasteiger partial charge on any atom is -0.409 e. The maximum absolute atomic E-state index is 12.0. The first-order valence-electron chi connectivity index (χ1n) is 5.41. The maximum Gasteiger partial charge on any atom is 0.267 e. The average molecular weight is 276 g/mol. The van der Waals surface area contributed by atoms with E-state index in [2.05, 4.69) is 15.5 Å². The van der Waals surface area contributed by atoms with Gasteiger partial charge in [-0.05, 0) is 18.6 Å². The lowest BCUT2D eigenvalue weighted by Crippen LogP contribution is -2.20. The van der Waals surface area contributed by atoms with Crippen LogP contribution in [0.15, 0.2) is 35.1 Å². The normalized spacial score (nSPS) is 11.3. The predicted molar refractivity (Wildman–Crippen MR) is 73.8 cm³/mol. The molecule has 0 spiro atoms. The Hall–Kier alpha value is -2.41. The van der Waals surface area contributed by atoms with E-state index in [0.717, 1.165) is 5.56 Å². The van der Waals surface area contributed by atoms with Gasteiger partial charge in [0.2, 0.25) is 0 Å². The van der Waals surface area contributed by atoms with E-state index >= 15 is 0 Å². The predicted octanol–water partition coefficient (Wildman–Crippen LogP) is 1.80. The van der Waals surface area contributed by atoms with Crippen LogP contribution in [0.2, 0.25) is 0 Å². The second-order valence-electron chi connectivity index (χ2n) is 3.80. The fraction of sp³-hybridized carbons (Fsp3) is 0.0833. The molecule has 7 heteroatoms. The summed E-state index contributed by atoms with van der Waals surface area (Å²) in [6.07, 6.45) is 1.49. The molecule has 2 rings (SSSR count). The molecule has 2 aromatic rings. The number of thiazole rings is 1. The Balaban J connectivity index is 2.36. The molecule has 4 N–H and O–H groups in total. The number of nitrogens with one attached hydrogen (secondary N) is 1. The number of hydrogen-bond acceptors (Lipinski definition) is 5. The van der Waals surface area contributed by atoms with E-state index in [-0.39, 0.29) is 11.7 Å². The molecule has 0 radical (unpaired) electrons. The van der Waals surface area contributed by atoms with Gasteiger partial charge in [0.1, 0.15) is 4.88 Å². The van der Waals surface area contributed by atoms with Crippen molar-refractivity contribution in [1.82, 2.24) is 4.98 Å². The third-order valence-corrected chi connectivity index (χ3v) is 3.31. The van der Waals surface area contributed by atoms with Crippen LogP contribution in [0.4, 0.5) is 5.69 Å². The van der Waals surface area contributed by atoms with Crippen molar-refractivity contribution in [2.75, 3.05) is 5.32 Å². The zero-order valence-corrected chi connectivity index (χ0v) is 10.9. The summed E-state index contributed by atoms with van der Waals surface area (Å²) in [5.41, 5.74) is 9.01. The Morgan fingerprint density at radius 2 is 2.32 bits per heavy atom. The third-order valence-electron chi connectivity index (χ3n) is 2.54. The van der Waals surface area contributed by atoms with Gasteiger partial charge in [-0.2, -0.15) is 0 Å². The maximum atomic E-state index is 12.0. The number of nitrogens with zero attached hydrogens (tertiary/aromatic N) is 2. The van der Waals surface area contributed by atoms with E-state index in [1.54, 1.807) is 17.6 Å². The number of oxime groups is 1. The first-order chi connectivity index (χ1) is 9.13. The molecule has 1 heterocycles. The number of rotatable bonds is 3. The number of nitrogens with two attached hydrogens (primary N) is 1. The molecule has 0 unspecified atom stereocenters. The van der Waals surface area contributed by atoms with Gasteiger partial charge in [-0.3, -0.25) is 9.78 Å². The lowest BCUT2D eigenvalue weighted by atomic mass is 10.1. The lowest BCUT2D eigenvalue weighted by Gasteiger charge is -2.11. The van der Waals surface area contributed by atoms with Crippen LogP contribution in [-0.4, -0.2) is 21.9 Å². The smallest absolute Gasteiger partial charge is 0.267 e. The van der Waals surface area contributed by atoms with Gasteiger partial charge in [-0.1, -0.05) is 17.3 Å². The number of anilines is 1. The van der Waals surface area contributed by atoms with Gasteiger partial charge in [-0.25, -0.2) is 0 Å². The summed E-state index contributed by atoms with van der Waals surface area (Å²) >= 11 is 1.24. The van der Waals surface area contributed by atoms with Crippen LogP contribution in [-0.2, 0) is 0 Å². The van der Waals surface area contributed by atoms with Crippen LogP contribution in [0.5, 0.6) is 0 Å². The summed E-state index contributed by atoms with van der Waals surface area (Å²) in [7, 11) is 0. The summed E-state index contributed by atoms with van der Waals surface area (Å²) in [5.74, 6) is -0.321. The quantitative estimate of drug-likeness (QED) is 0.344. The molecule has 0 aliphatic carbocycles. The summed E-state index contributed by atoms with van der Waals surface area (Å²) < 4.78 is 0. The van der Waals surface area contributed by atoms with E-state index in [1.807, 2.05) is 13.0 Å². The third kappa shape index (κ3) is 2.71. The van der Waals surface area contributed by atoms with Crippen LogP contribution < -0.4 is 11.1 Å². The second kappa shape index (κ2) is 5.49. The van der Waals surface area contributed by atoms with Crippen LogP contribution in [0, 0.1) is 6.92 Å². The molecule has 0 aliphatic heterocycles. The summed E-state index contributed by atoms with van der Waals surface area (Å²) in [6.45, 7) is 1.82. The van der Waals surface area contributed by atoms with Gasteiger partial charge < -0.3 is 16.3 Å². The fourth-order valence-electron chi connectivity index (χ4n) is 1.67. The summed E-state index contributed by atoms with van der Waals surface area (Å²) in [6, 6.07) is 5.29. The van der Waals surface area contributed by atoms with Crippen molar-refractivity contribution in [3.63, 3.8) is 0 Å². The van der Waals surface area contributed by atoms with Gasteiger partial charge in [0, 0.05) is 5.56 Å². The van der Waals surface area contributed by atoms with Crippen LogP contribution in [0.3, 0.4) is 0 Å². The number of aromatic nitrogens is 1. The van der Waals surface area contributed by atoms with Crippen molar-refractivity contribution in [1.29, 1.82) is 0 Å². The van der Waals surface area contributed by atoms with Crippen molar-refractivity contribution in [3.8, 4) is 0 Å². The van der Waals surface area contributed by atoms with E-state index in [9.17, 15) is 4.79 Å². The molecular weight excluding hydrogens is 264 g/mol. The molecular formula is C12H12N4O2S. The number of aryl methyl sites for hydroxylation is 1. The molecule has 6 nitrogen and oxygen atoms in total. The van der Waals surface area contributed by atoms with Crippen molar-refractivity contribution >= 4 is 28.8 Å². The van der Waals surface area contributed by atoms with Crippen molar-refractivity contribution in [2.45, 2.75) is 6.92 Å². The average Bonchev–Trinajstić information content (AvgIpc) is 2.92. The first-order valence-corrected chi connectivity index (χ1v) is 6.28. The molecule has 0 saturated heterocycles. The van der Waals surface area contributed by atoms with E-state index in [0.29, 0.717) is 16.1 Å². The van der Waals surface area contributed by atoms with E-state index in [1.165, 1.54) is 17.5 Å². The molecule has 0 saturated carbocycles. The van der Waals surface area contributed by atoms with Gasteiger partial charge in [0.15, 0.2) is 5.84 Å². The monoisotopic (exact) mass is 276 g/mol. The zero-order chi connectivity index (χ0) is 13.8. The minimum atomic E-state index is -0.278. The number of hydrogen-bond donors (Lipinski definition) is 3. The molecule has 1 amide bonds. The number of benzene rings is 1. The molecule has 19 heavy (non-hydrogen) atoms. The number of carbonyl (C=O) groups excluding carboxylic acids is 1. The summed E-state index contributed by atoms with van der Waals surface area (Å²) in [5, 5.41) is 14.5. The Morgan fingerprint density at radius 1 is 1.53 bits per heavy atom. The van der Waals surface area contributed by atoms with Crippen molar-refractivity contribution in [2.24, 2.45) is 10.9 Å². The van der Waals surface area contributed by atoms with Crippen molar-refractivity contribution < 1.29 is 10.0 Å². The Kier molecular flexibility index (Phi) is 3.76. The van der Waals surface area contributed by atoms with Gasteiger partial charge in [0.05, 0.1) is 17.4 Å². The number of amidine groups is 1. The lowest BCUT2D eigenvalue weighted by molar-refractivity contribution is 0.103. The Morgan fingerprint density at radius 3 is 2.95 bits per heavy atom. The summed E-state index contributed by atoms with van der Waals surface area (Å²) in [4.78, 5) is 16.3. The van der Waals surface area contributed by atoms with E-state index < -0.39 is 0 Å². The Bertz CT molecular complexity index is 623. The molecule has 98 valence electrons. The van der Waals surface area contributed by atoms with Crippen LogP contribution >= 0.6 is 11.3 Å². The van der Waals surface area contributed by atoms with Crippen LogP contribution in [0.1, 0.15) is 20.8 Å². The van der Waals surface area contributed by atoms with Gasteiger partial charge >= 0.3 is 0 Å². The highest BCUT2D eigenvalue weighted by Gasteiger charge is 2.14. The topological polar surface area (TPSA) is 101 Å². The standard InChI is InChI=1S/C12H12N4O2S/c1-7-3-2-4-8(10(7)11(13)16-18)15-12(17)9-5-14-6-19-9/h2-6,18H,1H3,(H2,13,16)(H,15,17). The minimum absolute atomic E-state index is 0.0438. The second-order valence-corrected chi connectivity index (χ2v) is 4.69. The highest BCUT2D eigenvalue weighted by Crippen LogP contribution is 2.20.